The summed E-state index contributed by atoms with van der Waals surface area (Å²) in [6.45, 7) is 5.79. The summed E-state index contributed by atoms with van der Waals surface area (Å²) in [5.74, 6) is 0.528. The average molecular weight is 456 g/mol. The van der Waals surface area contributed by atoms with Crippen molar-refractivity contribution in [2.24, 2.45) is 5.10 Å². The number of hydrogen-bond donors (Lipinski definition) is 2. The van der Waals surface area contributed by atoms with Crippen molar-refractivity contribution < 1.29 is 19.4 Å². The molecule has 6 nitrogen and oxygen atoms in total. The number of hydrogen-bond acceptors (Lipinski definition) is 5. The van der Waals surface area contributed by atoms with Crippen LogP contribution in [0.4, 0.5) is 0 Å². The van der Waals surface area contributed by atoms with Gasteiger partial charge in [-0.15, -0.1) is 0 Å². The predicted octanol–water partition coefficient (Wildman–Crippen LogP) is 4.35. The molecule has 2 N–H and O–H groups in total. The summed E-state index contributed by atoms with van der Waals surface area (Å²) < 4.78 is 11.5. The standard InChI is InChI=1S/C19H20BrClN2O4/c1-4-26-15-8-13(5-6-14(15)24)9-22-23-17(25)10-27-16-7-11(2)19(21)12(3)18(16)20/h5-9,24H,4,10H2,1-3H3,(H,23,25)/b22-9+. The number of amides is 1. The number of carbonyl (C=O) groups is 1. The molecule has 0 aliphatic carbocycles. The molecule has 0 unspecified atom stereocenters. The third-order valence-electron chi connectivity index (χ3n) is 3.61. The first kappa shape index (κ1) is 21.1. The van der Waals surface area contributed by atoms with E-state index in [-0.39, 0.29) is 12.4 Å². The molecule has 1 amide bonds. The summed E-state index contributed by atoms with van der Waals surface area (Å²) >= 11 is 9.60. The van der Waals surface area contributed by atoms with Crippen LogP contribution in [-0.4, -0.2) is 30.4 Å². The van der Waals surface area contributed by atoms with Gasteiger partial charge in [0.2, 0.25) is 0 Å². The normalized spacial score (nSPS) is 10.9. The van der Waals surface area contributed by atoms with Gasteiger partial charge in [-0.25, -0.2) is 5.43 Å². The lowest BCUT2D eigenvalue weighted by atomic mass is 10.1. The van der Waals surface area contributed by atoms with E-state index >= 15 is 0 Å². The van der Waals surface area contributed by atoms with Crippen LogP contribution in [-0.2, 0) is 4.79 Å². The Morgan fingerprint density at radius 2 is 2.04 bits per heavy atom. The van der Waals surface area contributed by atoms with Crippen molar-refractivity contribution in [3.8, 4) is 17.2 Å². The van der Waals surface area contributed by atoms with Crippen molar-refractivity contribution in [2.75, 3.05) is 13.2 Å². The van der Waals surface area contributed by atoms with Gasteiger partial charge in [-0.05, 0) is 77.7 Å². The lowest BCUT2D eigenvalue weighted by Crippen LogP contribution is -2.24. The Labute approximate surface area is 171 Å². The van der Waals surface area contributed by atoms with Crippen molar-refractivity contribution in [1.29, 1.82) is 0 Å². The highest BCUT2D eigenvalue weighted by atomic mass is 79.9. The van der Waals surface area contributed by atoms with Gasteiger partial charge in [0, 0.05) is 5.02 Å². The second kappa shape index (κ2) is 9.62. The van der Waals surface area contributed by atoms with Crippen LogP contribution in [0.3, 0.4) is 0 Å². The van der Waals surface area contributed by atoms with E-state index in [1.807, 2.05) is 20.8 Å². The lowest BCUT2D eigenvalue weighted by Gasteiger charge is -2.12. The molecular formula is C19H20BrClN2O4. The minimum atomic E-state index is -0.410. The minimum absolute atomic E-state index is 0.0468. The van der Waals surface area contributed by atoms with E-state index in [1.54, 1.807) is 18.2 Å². The molecule has 27 heavy (non-hydrogen) atoms. The second-order valence-electron chi connectivity index (χ2n) is 5.69. The van der Waals surface area contributed by atoms with Gasteiger partial charge in [-0.1, -0.05) is 11.6 Å². The van der Waals surface area contributed by atoms with Crippen LogP contribution < -0.4 is 14.9 Å². The zero-order valence-electron chi connectivity index (χ0n) is 15.2. The van der Waals surface area contributed by atoms with Gasteiger partial charge in [-0.3, -0.25) is 4.79 Å². The molecule has 2 aromatic carbocycles. The predicted molar refractivity (Wildman–Crippen MR) is 109 cm³/mol. The molecule has 8 heteroatoms. The van der Waals surface area contributed by atoms with E-state index in [4.69, 9.17) is 21.1 Å². The molecule has 0 aliphatic heterocycles. The molecule has 0 aromatic heterocycles. The molecule has 0 aliphatic rings. The number of aromatic hydroxyl groups is 1. The molecule has 0 spiro atoms. The molecular weight excluding hydrogens is 436 g/mol. The van der Waals surface area contributed by atoms with E-state index in [1.165, 1.54) is 12.3 Å². The first-order valence-electron chi connectivity index (χ1n) is 8.19. The number of halogens is 2. The number of hydrazone groups is 1. The summed E-state index contributed by atoms with van der Waals surface area (Å²) in [5.41, 5.74) is 4.77. The molecule has 0 saturated carbocycles. The maximum atomic E-state index is 11.9. The number of ether oxygens (including phenoxy) is 2. The number of phenolic OH excluding ortho intramolecular Hbond substituents is 1. The van der Waals surface area contributed by atoms with Crippen LogP contribution in [0.1, 0.15) is 23.6 Å². The molecule has 0 bridgehead atoms. The van der Waals surface area contributed by atoms with Crippen molar-refractivity contribution in [2.45, 2.75) is 20.8 Å². The van der Waals surface area contributed by atoms with E-state index in [0.717, 1.165) is 11.1 Å². The molecule has 0 atom stereocenters. The Bertz CT molecular complexity index is 871. The number of carbonyl (C=O) groups excluding carboxylic acids is 1. The highest BCUT2D eigenvalue weighted by Gasteiger charge is 2.12. The molecule has 0 fully saturated rings. The van der Waals surface area contributed by atoms with Gasteiger partial charge in [0.05, 0.1) is 17.3 Å². The smallest absolute Gasteiger partial charge is 0.277 e. The van der Waals surface area contributed by atoms with Crippen LogP contribution in [0.2, 0.25) is 5.02 Å². The van der Waals surface area contributed by atoms with Gasteiger partial charge in [0.15, 0.2) is 18.1 Å². The molecule has 144 valence electrons. The Balaban J connectivity index is 1.93. The van der Waals surface area contributed by atoms with Gasteiger partial charge < -0.3 is 14.6 Å². The van der Waals surface area contributed by atoms with Gasteiger partial charge in [-0.2, -0.15) is 5.10 Å². The fourth-order valence-corrected chi connectivity index (χ4v) is 2.93. The second-order valence-corrected chi connectivity index (χ2v) is 6.86. The fourth-order valence-electron chi connectivity index (χ4n) is 2.24. The summed E-state index contributed by atoms with van der Waals surface area (Å²) in [4.78, 5) is 11.9. The monoisotopic (exact) mass is 454 g/mol. The fraction of sp³-hybridized carbons (Fsp3) is 0.263. The van der Waals surface area contributed by atoms with Gasteiger partial charge in [0.25, 0.3) is 5.91 Å². The number of benzene rings is 2. The van der Waals surface area contributed by atoms with Crippen LogP contribution in [0.15, 0.2) is 33.8 Å². The number of nitrogens with one attached hydrogen (secondary N) is 1. The highest BCUT2D eigenvalue weighted by Crippen LogP contribution is 2.35. The Hall–Kier alpha value is -2.25. The zero-order chi connectivity index (χ0) is 20.0. The van der Waals surface area contributed by atoms with Crippen LogP contribution in [0.5, 0.6) is 17.2 Å². The quantitative estimate of drug-likeness (QED) is 0.480. The molecule has 2 aromatic rings. The Morgan fingerprint density at radius 3 is 2.74 bits per heavy atom. The van der Waals surface area contributed by atoms with Gasteiger partial charge in [0.1, 0.15) is 5.75 Å². The first-order chi connectivity index (χ1) is 12.8. The van der Waals surface area contributed by atoms with Crippen LogP contribution in [0, 0.1) is 13.8 Å². The average Bonchev–Trinajstić information content (AvgIpc) is 2.64. The van der Waals surface area contributed by atoms with E-state index in [2.05, 4.69) is 26.5 Å². The molecule has 0 heterocycles. The first-order valence-corrected chi connectivity index (χ1v) is 9.36. The SMILES string of the molecule is CCOc1cc(/C=N/NC(=O)COc2cc(C)c(Cl)c(C)c2Br)ccc1O. The molecule has 2 rings (SSSR count). The van der Waals surface area contributed by atoms with Crippen molar-refractivity contribution in [1.82, 2.24) is 5.43 Å². The van der Waals surface area contributed by atoms with Crippen LogP contribution >= 0.6 is 27.5 Å². The maximum Gasteiger partial charge on any atom is 0.277 e. The largest absolute Gasteiger partial charge is 0.504 e. The molecule has 0 radical (unpaired) electrons. The Morgan fingerprint density at radius 1 is 1.30 bits per heavy atom. The minimum Gasteiger partial charge on any atom is -0.504 e. The van der Waals surface area contributed by atoms with Crippen LogP contribution in [0.25, 0.3) is 0 Å². The summed E-state index contributed by atoms with van der Waals surface area (Å²) in [6, 6.07) is 6.55. The number of aryl methyl sites for hydroxylation is 1. The molecule has 0 saturated heterocycles. The van der Waals surface area contributed by atoms with Crippen molar-refractivity contribution in [3.63, 3.8) is 0 Å². The van der Waals surface area contributed by atoms with Gasteiger partial charge >= 0.3 is 0 Å². The summed E-state index contributed by atoms with van der Waals surface area (Å²) in [5, 5.41) is 14.2. The zero-order valence-corrected chi connectivity index (χ0v) is 17.5. The van der Waals surface area contributed by atoms with E-state index in [9.17, 15) is 9.90 Å². The highest BCUT2D eigenvalue weighted by molar-refractivity contribution is 9.10. The summed E-state index contributed by atoms with van der Waals surface area (Å²) in [6.07, 6.45) is 1.45. The maximum absolute atomic E-state index is 11.9. The van der Waals surface area contributed by atoms with Crippen molar-refractivity contribution >= 4 is 39.7 Å². The number of phenols is 1. The lowest BCUT2D eigenvalue weighted by molar-refractivity contribution is -0.123. The third-order valence-corrected chi connectivity index (χ3v) is 5.18. The van der Waals surface area contributed by atoms with Crippen molar-refractivity contribution in [3.05, 3.63) is 50.5 Å². The number of nitrogens with zero attached hydrogens (tertiary/aromatic N) is 1. The van der Waals surface area contributed by atoms with E-state index < -0.39 is 5.91 Å². The number of rotatable bonds is 7. The van der Waals surface area contributed by atoms with E-state index in [0.29, 0.717) is 33.2 Å². The Kier molecular flexibility index (Phi) is 7.50. The third kappa shape index (κ3) is 5.61. The topological polar surface area (TPSA) is 80.2 Å². The summed E-state index contributed by atoms with van der Waals surface area (Å²) in [7, 11) is 0.